The molecule has 0 heterocycles. The molecule has 0 aromatic rings. The van der Waals surface area contributed by atoms with Crippen LogP contribution < -0.4 is 0 Å². The Morgan fingerprint density at radius 2 is 2.07 bits per heavy atom. The lowest BCUT2D eigenvalue weighted by Gasteiger charge is -2.35. The van der Waals surface area contributed by atoms with E-state index in [9.17, 15) is 5.11 Å². The summed E-state index contributed by atoms with van der Waals surface area (Å²) in [5.74, 6) is 0. The van der Waals surface area contributed by atoms with Crippen LogP contribution in [0.15, 0.2) is 0 Å². The molecule has 1 rings (SSSR count). The fourth-order valence-electron chi connectivity index (χ4n) is 2.72. The van der Waals surface area contributed by atoms with Crippen molar-refractivity contribution in [3.8, 4) is 0 Å². The van der Waals surface area contributed by atoms with Crippen molar-refractivity contribution >= 4 is 0 Å². The third-order valence-electron chi connectivity index (χ3n) is 4.17. The largest absolute Gasteiger partial charge is 0.391 e. The second-order valence-corrected chi connectivity index (χ2v) is 5.84. The van der Waals surface area contributed by atoms with Crippen LogP contribution in [0, 0.1) is 5.41 Å². The molecule has 1 saturated carbocycles. The maximum Gasteiger partial charge on any atom is 0.0746 e. The smallest absolute Gasteiger partial charge is 0.0746 e. The fourth-order valence-corrected chi connectivity index (χ4v) is 2.72. The van der Waals surface area contributed by atoms with Gasteiger partial charge in [-0.05, 0) is 38.6 Å². The third-order valence-corrected chi connectivity index (χ3v) is 4.17. The second-order valence-electron chi connectivity index (χ2n) is 5.84. The third kappa shape index (κ3) is 2.73. The number of aliphatic hydroxyl groups is 1. The number of hydrogen-bond acceptors (Lipinski definition) is 2. The summed E-state index contributed by atoms with van der Waals surface area (Å²) in [5.41, 5.74) is 0.102. The summed E-state index contributed by atoms with van der Waals surface area (Å²) >= 11 is 0. The molecule has 0 bridgehead atoms. The minimum atomic E-state index is -0.165. The molecule has 15 heavy (non-hydrogen) atoms. The number of rotatable bonds is 4. The van der Waals surface area contributed by atoms with Crippen LogP contribution >= 0.6 is 0 Å². The highest BCUT2D eigenvalue weighted by atomic mass is 16.3. The van der Waals surface area contributed by atoms with E-state index in [1.165, 1.54) is 12.8 Å². The Kier molecular flexibility index (Phi) is 4.19. The molecule has 0 saturated heterocycles. The van der Waals surface area contributed by atoms with Crippen molar-refractivity contribution < 1.29 is 5.11 Å². The van der Waals surface area contributed by atoms with Crippen molar-refractivity contribution in [1.29, 1.82) is 0 Å². The van der Waals surface area contributed by atoms with Crippen LogP contribution in [0.4, 0.5) is 0 Å². The number of nitrogens with zero attached hydrogens (tertiary/aromatic N) is 1. The summed E-state index contributed by atoms with van der Waals surface area (Å²) in [7, 11) is 2.16. The van der Waals surface area contributed by atoms with E-state index in [1.807, 2.05) is 0 Å². The van der Waals surface area contributed by atoms with Crippen LogP contribution in [-0.4, -0.2) is 35.2 Å². The van der Waals surface area contributed by atoms with Gasteiger partial charge in [-0.3, -0.25) is 4.90 Å². The predicted octanol–water partition coefficient (Wildman–Crippen LogP) is 2.66. The quantitative estimate of drug-likeness (QED) is 0.776. The first kappa shape index (κ1) is 13.0. The van der Waals surface area contributed by atoms with Gasteiger partial charge >= 0.3 is 0 Å². The zero-order valence-electron chi connectivity index (χ0n) is 11.0. The Morgan fingerprint density at radius 1 is 1.47 bits per heavy atom. The minimum Gasteiger partial charge on any atom is -0.391 e. The molecule has 0 aromatic heterocycles. The number of likely N-dealkylation sites (N-methyl/N-ethyl adjacent to an activating group) is 1. The Bertz CT molecular complexity index is 203. The number of hydrogen-bond donors (Lipinski definition) is 1. The van der Waals surface area contributed by atoms with Crippen LogP contribution in [0.3, 0.4) is 0 Å². The molecule has 0 amide bonds. The van der Waals surface area contributed by atoms with Gasteiger partial charge in [-0.2, -0.15) is 0 Å². The van der Waals surface area contributed by atoms with Gasteiger partial charge in [-0.25, -0.2) is 0 Å². The normalized spacial score (nSPS) is 32.2. The van der Waals surface area contributed by atoms with Gasteiger partial charge in [-0.15, -0.1) is 0 Å². The van der Waals surface area contributed by atoms with E-state index in [2.05, 4.69) is 39.6 Å². The number of aliphatic hydroxyl groups excluding tert-OH is 1. The van der Waals surface area contributed by atoms with Crippen molar-refractivity contribution in [2.24, 2.45) is 5.41 Å². The van der Waals surface area contributed by atoms with E-state index in [1.54, 1.807) is 0 Å². The zero-order chi connectivity index (χ0) is 11.6. The highest BCUT2D eigenvalue weighted by Gasteiger charge is 2.43. The summed E-state index contributed by atoms with van der Waals surface area (Å²) in [4.78, 5) is 2.38. The summed E-state index contributed by atoms with van der Waals surface area (Å²) in [6.45, 7) is 8.84. The summed E-state index contributed by atoms with van der Waals surface area (Å²) in [5, 5.41) is 10.3. The van der Waals surface area contributed by atoms with Gasteiger partial charge in [0.05, 0.1) is 6.10 Å². The van der Waals surface area contributed by atoms with E-state index in [0.717, 1.165) is 12.8 Å². The van der Waals surface area contributed by atoms with Gasteiger partial charge in [-0.1, -0.05) is 27.2 Å². The molecule has 2 heteroatoms. The average molecular weight is 213 g/mol. The zero-order valence-corrected chi connectivity index (χ0v) is 11.0. The Hall–Kier alpha value is -0.0800. The molecule has 1 fully saturated rings. The molecule has 3 atom stereocenters. The highest BCUT2D eigenvalue weighted by molar-refractivity contribution is 4.96. The van der Waals surface area contributed by atoms with Crippen LogP contribution in [-0.2, 0) is 0 Å². The maximum absolute atomic E-state index is 10.3. The molecular weight excluding hydrogens is 186 g/mol. The molecule has 0 aliphatic heterocycles. The first-order valence-electron chi connectivity index (χ1n) is 6.30. The highest BCUT2D eigenvalue weighted by Crippen LogP contribution is 2.40. The molecule has 0 aromatic carbocycles. The molecule has 2 nitrogen and oxygen atoms in total. The SMILES string of the molecule is CCCC(C)N(C)C1CCC(C)(C)C1O. The Morgan fingerprint density at radius 3 is 2.47 bits per heavy atom. The predicted molar refractivity (Wildman–Crippen MR) is 64.9 cm³/mol. The van der Waals surface area contributed by atoms with E-state index in [-0.39, 0.29) is 11.5 Å². The molecule has 0 spiro atoms. The minimum absolute atomic E-state index is 0.102. The topological polar surface area (TPSA) is 23.5 Å². The molecule has 3 unspecified atom stereocenters. The van der Waals surface area contributed by atoms with Gasteiger partial charge in [0.15, 0.2) is 0 Å². The monoisotopic (exact) mass is 213 g/mol. The Balaban J connectivity index is 2.58. The first-order chi connectivity index (χ1) is 6.90. The van der Waals surface area contributed by atoms with E-state index >= 15 is 0 Å². The lowest BCUT2D eigenvalue weighted by molar-refractivity contribution is 0.0106. The molecule has 1 aliphatic carbocycles. The lowest BCUT2D eigenvalue weighted by atomic mass is 9.88. The molecule has 90 valence electrons. The van der Waals surface area contributed by atoms with E-state index in [4.69, 9.17) is 0 Å². The van der Waals surface area contributed by atoms with Crippen molar-refractivity contribution in [2.45, 2.75) is 71.6 Å². The van der Waals surface area contributed by atoms with Crippen LogP contribution in [0.2, 0.25) is 0 Å². The van der Waals surface area contributed by atoms with Crippen LogP contribution in [0.1, 0.15) is 53.4 Å². The summed E-state index contributed by atoms with van der Waals surface area (Å²) in [6.07, 6.45) is 4.56. The van der Waals surface area contributed by atoms with Crippen LogP contribution in [0.25, 0.3) is 0 Å². The van der Waals surface area contributed by atoms with Crippen LogP contribution in [0.5, 0.6) is 0 Å². The lowest BCUT2D eigenvalue weighted by Crippen LogP contribution is -2.45. The summed E-state index contributed by atoms with van der Waals surface area (Å²) < 4.78 is 0. The molecule has 0 radical (unpaired) electrons. The standard InChI is InChI=1S/C13H27NO/c1-6-7-10(2)14(5)11-8-9-13(3,4)12(11)15/h10-12,15H,6-9H2,1-5H3. The van der Waals surface area contributed by atoms with Gasteiger partial charge in [0.1, 0.15) is 0 Å². The molecule has 1 N–H and O–H groups in total. The van der Waals surface area contributed by atoms with Crippen molar-refractivity contribution in [3.05, 3.63) is 0 Å². The first-order valence-corrected chi connectivity index (χ1v) is 6.30. The molecule has 1 aliphatic rings. The van der Waals surface area contributed by atoms with Crippen molar-refractivity contribution in [2.75, 3.05) is 7.05 Å². The average Bonchev–Trinajstić information content (AvgIpc) is 2.42. The van der Waals surface area contributed by atoms with Gasteiger partial charge < -0.3 is 5.11 Å². The van der Waals surface area contributed by atoms with Gasteiger partial charge in [0.2, 0.25) is 0 Å². The fraction of sp³-hybridized carbons (Fsp3) is 1.00. The maximum atomic E-state index is 10.3. The second kappa shape index (κ2) is 4.84. The van der Waals surface area contributed by atoms with Gasteiger partial charge in [0.25, 0.3) is 0 Å². The van der Waals surface area contributed by atoms with Crippen molar-refractivity contribution in [1.82, 2.24) is 4.90 Å². The van der Waals surface area contributed by atoms with E-state index in [0.29, 0.717) is 12.1 Å². The van der Waals surface area contributed by atoms with Gasteiger partial charge in [0, 0.05) is 12.1 Å². The Labute approximate surface area is 94.7 Å². The van der Waals surface area contributed by atoms with Crippen molar-refractivity contribution in [3.63, 3.8) is 0 Å². The molecular formula is C13H27NO. The summed E-state index contributed by atoms with van der Waals surface area (Å²) in [6, 6.07) is 0.949. The van der Waals surface area contributed by atoms with E-state index < -0.39 is 0 Å².